The summed E-state index contributed by atoms with van der Waals surface area (Å²) in [7, 11) is 4.02. The molecule has 0 bridgehead atoms. The second kappa shape index (κ2) is 9.45. The van der Waals surface area contributed by atoms with Gasteiger partial charge in [0.05, 0.1) is 10.2 Å². The predicted octanol–water partition coefficient (Wildman–Crippen LogP) is 5.07. The molecule has 4 nitrogen and oxygen atoms in total. The van der Waals surface area contributed by atoms with Gasteiger partial charge in [-0.1, -0.05) is 28.5 Å². The van der Waals surface area contributed by atoms with Gasteiger partial charge >= 0.3 is 0 Å². The molecule has 0 spiro atoms. The number of nitrogens with zero attached hydrogens (tertiary/aromatic N) is 3. The lowest BCUT2D eigenvalue weighted by Gasteiger charge is -2.21. The Morgan fingerprint density at radius 2 is 1.75 bits per heavy atom. The van der Waals surface area contributed by atoms with Crippen LogP contribution in [0, 0.1) is 19.7 Å². The highest BCUT2D eigenvalue weighted by Gasteiger charge is 2.21. The van der Waals surface area contributed by atoms with E-state index in [1.807, 2.05) is 46.1 Å². The average Bonchev–Trinajstić information content (AvgIpc) is 2.99. The van der Waals surface area contributed by atoms with Crippen molar-refractivity contribution in [2.45, 2.75) is 20.3 Å². The number of fused-ring (bicyclic) bond motifs is 1. The fourth-order valence-electron chi connectivity index (χ4n) is 3.08. The van der Waals surface area contributed by atoms with E-state index in [1.165, 1.54) is 23.5 Å². The van der Waals surface area contributed by atoms with Gasteiger partial charge in [0, 0.05) is 12.1 Å². The van der Waals surface area contributed by atoms with Crippen molar-refractivity contribution in [3.05, 3.63) is 58.9 Å². The Balaban J connectivity index is 0.00000280. The van der Waals surface area contributed by atoms with Crippen molar-refractivity contribution >= 4 is 45.0 Å². The van der Waals surface area contributed by atoms with Gasteiger partial charge in [-0.2, -0.15) is 0 Å². The number of aryl methyl sites for hydroxylation is 2. The van der Waals surface area contributed by atoms with Crippen molar-refractivity contribution in [3.8, 4) is 0 Å². The van der Waals surface area contributed by atoms with E-state index in [0.29, 0.717) is 22.8 Å². The van der Waals surface area contributed by atoms with Crippen LogP contribution in [0.2, 0.25) is 0 Å². The third-order valence-corrected chi connectivity index (χ3v) is 5.31. The van der Waals surface area contributed by atoms with E-state index in [2.05, 4.69) is 9.88 Å². The molecule has 0 saturated heterocycles. The maximum Gasteiger partial charge on any atom is 0.260 e. The summed E-state index contributed by atoms with van der Waals surface area (Å²) in [4.78, 5) is 21.7. The Bertz CT molecular complexity index is 953. The summed E-state index contributed by atoms with van der Waals surface area (Å²) in [5, 5.41) is 0.610. The van der Waals surface area contributed by atoms with E-state index in [-0.39, 0.29) is 24.1 Å². The van der Waals surface area contributed by atoms with Crippen molar-refractivity contribution in [1.29, 1.82) is 0 Å². The molecule has 2 aromatic carbocycles. The van der Waals surface area contributed by atoms with Gasteiger partial charge in [-0.3, -0.25) is 9.69 Å². The highest BCUT2D eigenvalue weighted by Crippen LogP contribution is 2.30. The summed E-state index contributed by atoms with van der Waals surface area (Å²) in [5.74, 6) is -0.363. The third-order valence-electron chi connectivity index (χ3n) is 4.27. The summed E-state index contributed by atoms with van der Waals surface area (Å²) in [5.41, 5.74) is 3.47. The van der Waals surface area contributed by atoms with Crippen molar-refractivity contribution in [2.75, 3.05) is 32.1 Å². The normalized spacial score (nSPS) is 10.9. The molecular weight excluding hydrogens is 397 g/mol. The molecule has 0 aliphatic rings. The number of aromatic nitrogens is 1. The average molecular weight is 422 g/mol. The van der Waals surface area contributed by atoms with E-state index in [4.69, 9.17) is 0 Å². The smallest absolute Gasteiger partial charge is 0.260 e. The Morgan fingerprint density at radius 1 is 1.07 bits per heavy atom. The van der Waals surface area contributed by atoms with Gasteiger partial charge in [0.15, 0.2) is 5.13 Å². The van der Waals surface area contributed by atoms with Crippen molar-refractivity contribution < 1.29 is 9.18 Å². The zero-order valence-corrected chi connectivity index (χ0v) is 18.2. The van der Waals surface area contributed by atoms with Gasteiger partial charge in [0.25, 0.3) is 5.91 Å². The molecule has 0 fully saturated rings. The number of hydrogen-bond acceptors (Lipinski definition) is 4. The summed E-state index contributed by atoms with van der Waals surface area (Å²) >= 11 is 1.35. The van der Waals surface area contributed by atoms with Crippen molar-refractivity contribution in [1.82, 2.24) is 9.88 Å². The lowest BCUT2D eigenvalue weighted by Crippen LogP contribution is -2.33. The largest absolute Gasteiger partial charge is 0.309 e. The van der Waals surface area contributed by atoms with E-state index in [9.17, 15) is 9.18 Å². The van der Waals surface area contributed by atoms with E-state index in [0.717, 1.165) is 28.8 Å². The Kier molecular flexibility index (Phi) is 7.52. The molecule has 0 saturated carbocycles. The molecule has 28 heavy (non-hydrogen) atoms. The molecule has 1 heterocycles. The molecular formula is C21H25ClFN3OS. The molecule has 0 aliphatic carbocycles. The topological polar surface area (TPSA) is 36.4 Å². The summed E-state index contributed by atoms with van der Waals surface area (Å²) in [6.45, 7) is 5.41. The first kappa shape index (κ1) is 22.3. The highest BCUT2D eigenvalue weighted by molar-refractivity contribution is 7.22. The third kappa shape index (κ3) is 5.28. The first-order valence-corrected chi connectivity index (χ1v) is 9.76. The minimum absolute atomic E-state index is 0. The zero-order chi connectivity index (χ0) is 19.6. The van der Waals surface area contributed by atoms with Crippen LogP contribution in [0.25, 0.3) is 10.2 Å². The molecule has 0 N–H and O–H groups in total. The number of anilines is 1. The molecule has 0 radical (unpaired) electrons. The number of rotatable bonds is 6. The molecule has 150 valence electrons. The van der Waals surface area contributed by atoms with Gasteiger partial charge in [-0.25, -0.2) is 9.37 Å². The van der Waals surface area contributed by atoms with Crippen LogP contribution in [0.3, 0.4) is 0 Å². The molecule has 0 atom stereocenters. The molecule has 3 aromatic rings. The molecule has 1 aromatic heterocycles. The second-order valence-corrected chi connectivity index (χ2v) is 8.11. The number of hydrogen-bond donors (Lipinski definition) is 0. The SMILES string of the molecule is Cc1cc(C)cc(C(=O)N(CCCN(C)C)c2nc3ccc(F)cc3s2)c1.Cl. The lowest BCUT2D eigenvalue weighted by atomic mass is 10.1. The predicted molar refractivity (Wildman–Crippen MR) is 118 cm³/mol. The van der Waals surface area contributed by atoms with Gasteiger partial charge in [0.1, 0.15) is 5.82 Å². The fraction of sp³-hybridized carbons (Fsp3) is 0.333. The fourth-order valence-corrected chi connectivity index (χ4v) is 4.10. The first-order valence-electron chi connectivity index (χ1n) is 8.94. The van der Waals surface area contributed by atoms with Crippen LogP contribution in [0.15, 0.2) is 36.4 Å². The van der Waals surface area contributed by atoms with Gasteiger partial charge < -0.3 is 4.90 Å². The van der Waals surface area contributed by atoms with Crippen LogP contribution < -0.4 is 4.90 Å². The van der Waals surface area contributed by atoms with Gasteiger partial charge in [-0.05, 0) is 71.2 Å². The molecule has 0 aliphatic heterocycles. The number of halogens is 2. The van der Waals surface area contributed by atoms with Crippen LogP contribution in [0.4, 0.5) is 9.52 Å². The van der Waals surface area contributed by atoms with Crippen LogP contribution in [-0.4, -0.2) is 43.0 Å². The van der Waals surface area contributed by atoms with E-state index in [1.54, 1.807) is 11.0 Å². The molecule has 1 amide bonds. The molecule has 0 unspecified atom stereocenters. The van der Waals surface area contributed by atoms with Crippen LogP contribution in [-0.2, 0) is 0 Å². The van der Waals surface area contributed by atoms with Crippen molar-refractivity contribution in [3.63, 3.8) is 0 Å². The summed E-state index contributed by atoms with van der Waals surface area (Å²) < 4.78 is 14.3. The van der Waals surface area contributed by atoms with Crippen LogP contribution in [0.5, 0.6) is 0 Å². The van der Waals surface area contributed by atoms with Crippen LogP contribution >= 0.6 is 23.7 Å². The molecule has 3 rings (SSSR count). The number of carbonyl (C=O) groups is 1. The number of amides is 1. The Labute approximate surface area is 175 Å². The zero-order valence-electron chi connectivity index (χ0n) is 16.5. The Morgan fingerprint density at radius 3 is 2.39 bits per heavy atom. The maximum absolute atomic E-state index is 13.5. The van der Waals surface area contributed by atoms with E-state index >= 15 is 0 Å². The highest BCUT2D eigenvalue weighted by atomic mass is 35.5. The minimum atomic E-state index is -0.294. The standard InChI is InChI=1S/C21H24FN3OS.ClH/c1-14-10-15(2)12-16(11-14)20(26)25(9-5-8-24(3)4)21-23-18-7-6-17(22)13-19(18)27-21;/h6-7,10-13H,5,8-9H2,1-4H3;1H. The summed E-state index contributed by atoms with van der Waals surface area (Å²) in [6, 6.07) is 10.4. The molecule has 7 heteroatoms. The lowest BCUT2D eigenvalue weighted by molar-refractivity contribution is 0.0986. The number of thiazole rings is 1. The monoisotopic (exact) mass is 421 g/mol. The first-order chi connectivity index (χ1) is 12.8. The van der Waals surface area contributed by atoms with E-state index < -0.39 is 0 Å². The second-order valence-electron chi connectivity index (χ2n) is 7.10. The van der Waals surface area contributed by atoms with Crippen LogP contribution in [0.1, 0.15) is 27.9 Å². The number of carbonyl (C=O) groups excluding carboxylic acids is 1. The minimum Gasteiger partial charge on any atom is -0.309 e. The van der Waals surface area contributed by atoms with Gasteiger partial charge in [0.2, 0.25) is 0 Å². The maximum atomic E-state index is 13.5. The summed E-state index contributed by atoms with van der Waals surface area (Å²) in [6.07, 6.45) is 0.827. The van der Waals surface area contributed by atoms with Gasteiger partial charge in [-0.15, -0.1) is 12.4 Å². The Hall–Kier alpha value is -2.02. The number of benzene rings is 2. The van der Waals surface area contributed by atoms with Crippen molar-refractivity contribution in [2.24, 2.45) is 0 Å². The quantitative estimate of drug-likeness (QED) is 0.557.